The highest BCUT2D eigenvalue weighted by Gasteiger charge is 2.36. The monoisotopic (exact) mass is 250 g/mol. The Morgan fingerprint density at radius 1 is 1.11 bits per heavy atom. The molecule has 100 valence electrons. The van der Waals surface area contributed by atoms with Gasteiger partial charge in [0.25, 0.3) is 0 Å². The van der Waals surface area contributed by atoms with Crippen LogP contribution in [0.25, 0.3) is 0 Å². The fraction of sp³-hybridized carbons (Fsp3) is 0.600. The lowest BCUT2D eigenvalue weighted by Gasteiger charge is -2.27. The normalized spacial score (nSPS) is 17.8. The Kier molecular flexibility index (Phi) is 5.02. The largest absolute Gasteiger partial charge is 0.488 e. The van der Waals surface area contributed by atoms with E-state index < -0.39 is 5.79 Å². The number of para-hydroxylation sites is 1. The van der Waals surface area contributed by atoms with Gasteiger partial charge in [0.05, 0.1) is 13.2 Å². The fourth-order valence-electron chi connectivity index (χ4n) is 2.15. The molecule has 0 saturated carbocycles. The first-order valence-corrected chi connectivity index (χ1v) is 6.80. The van der Waals surface area contributed by atoms with E-state index in [-0.39, 0.29) is 0 Å². The van der Waals surface area contributed by atoms with Crippen molar-refractivity contribution in [3.05, 3.63) is 30.3 Å². The minimum absolute atomic E-state index is 0.473. The molecule has 0 bridgehead atoms. The van der Waals surface area contributed by atoms with Crippen LogP contribution >= 0.6 is 0 Å². The number of benzene rings is 1. The van der Waals surface area contributed by atoms with E-state index in [9.17, 15) is 0 Å². The van der Waals surface area contributed by atoms with E-state index in [1.165, 1.54) is 12.8 Å². The number of hydrogen-bond donors (Lipinski definition) is 0. The summed E-state index contributed by atoms with van der Waals surface area (Å²) in [6.45, 7) is 4.01. The molecule has 1 fully saturated rings. The topological polar surface area (TPSA) is 27.7 Å². The van der Waals surface area contributed by atoms with Gasteiger partial charge in [0.15, 0.2) is 0 Å². The average Bonchev–Trinajstić information content (AvgIpc) is 2.87. The lowest BCUT2D eigenvalue weighted by molar-refractivity contribution is -0.182. The Bertz CT molecular complexity index is 331. The van der Waals surface area contributed by atoms with Crippen molar-refractivity contribution < 1.29 is 14.2 Å². The van der Waals surface area contributed by atoms with Crippen LogP contribution in [0.15, 0.2) is 30.3 Å². The van der Waals surface area contributed by atoms with Gasteiger partial charge in [-0.15, -0.1) is 0 Å². The number of ether oxygens (including phenoxy) is 3. The maximum absolute atomic E-state index is 5.77. The Balaban J connectivity index is 1.86. The van der Waals surface area contributed by atoms with Crippen molar-refractivity contribution in [2.24, 2.45) is 0 Å². The summed E-state index contributed by atoms with van der Waals surface area (Å²) < 4.78 is 17.3. The van der Waals surface area contributed by atoms with Gasteiger partial charge in [-0.1, -0.05) is 38.0 Å². The van der Waals surface area contributed by atoms with E-state index in [1.807, 2.05) is 30.3 Å². The lowest BCUT2D eigenvalue weighted by atomic mass is 10.1. The van der Waals surface area contributed by atoms with Gasteiger partial charge in [0.1, 0.15) is 12.4 Å². The molecule has 0 atom stereocenters. The zero-order valence-electron chi connectivity index (χ0n) is 11.1. The van der Waals surface area contributed by atoms with Gasteiger partial charge in [-0.2, -0.15) is 0 Å². The van der Waals surface area contributed by atoms with E-state index in [2.05, 4.69) is 6.92 Å². The van der Waals surface area contributed by atoms with Gasteiger partial charge < -0.3 is 14.2 Å². The highest BCUT2D eigenvalue weighted by molar-refractivity contribution is 5.21. The standard InChI is InChI=1S/C15H22O3/c1-2-3-7-10-15(17-11-12-18-15)13-16-14-8-5-4-6-9-14/h4-6,8-9H,2-3,7,10-13H2,1H3. The first-order chi connectivity index (χ1) is 8.85. The Labute approximate surface area is 109 Å². The predicted molar refractivity (Wildman–Crippen MR) is 70.7 cm³/mol. The van der Waals surface area contributed by atoms with Gasteiger partial charge in [-0.05, 0) is 18.6 Å². The second-order valence-corrected chi connectivity index (χ2v) is 4.67. The van der Waals surface area contributed by atoms with Crippen molar-refractivity contribution in [2.45, 2.75) is 38.4 Å². The quantitative estimate of drug-likeness (QED) is 0.694. The maximum Gasteiger partial charge on any atom is 0.203 e. The molecule has 0 unspecified atom stereocenters. The molecule has 1 aliphatic heterocycles. The van der Waals surface area contributed by atoms with Crippen LogP contribution in [0.5, 0.6) is 5.75 Å². The third kappa shape index (κ3) is 3.72. The summed E-state index contributed by atoms with van der Waals surface area (Å²) in [5.41, 5.74) is 0. The minimum atomic E-state index is -0.523. The SMILES string of the molecule is CCCCCC1(COc2ccccc2)OCCO1. The molecule has 0 spiro atoms. The predicted octanol–water partition coefficient (Wildman–Crippen LogP) is 3.39. The van der Waals surface area contributed by atoms with E-state index in [0.717, 1.165) is 18.6 Å². The van der Waals surface area contributed by atoms with Crippen LogP contribution in [0.3, 0.4) is 0 Å². The molecule has 1 aromatic rings. The van der Waals surface area contributed by atoms with Crippen molar-refractivity contribution in [1.29, 1.82) is 0 Å². The molecular weight excluding hydrogens is 228 g/mol. The minimum Gasteiger partial charge on any atom is -0.488 e. The van der Waals surface area contributed by atoms with E-state index in [0.29, 0.717) is 19.8 Å². The van der Waals surface area contributed by atoms with Gasteiger partial charge in [0, 0.05) is 6.42 Å². The molecule has 1 heterocycles. The smallest absolute Gasteiger partial charge is 0.203 e. The number of hydrogen-bond acceptors (Lipinski definition) is 3. The van der Waals surface area contributed by atoms with Crippen LogP contribution in [-0.2, 0) is 9.47 Å². The Morgan fingerprint density at radius 2 is 1.83 bits per heavy atom. The molecular formula is C15H22O3. The zero-order valence-corrected chi connectivity index (χ0v) is 11.1. The van der Waals surface area contributed by atoms with Gasteiger partial charge >= 0.3 is 0 Å². The summed E-state index contributed by atoms with van der Waals surface area (Å²) in [7, 11) is 0. The molecule has 2 rings (SSSR count). The van der Waals surface area contributed by atoms with E-state index in [1.54, 1.807) is 0 Å². The fourth-order valence-corrected chi connectivity index (χ4v) is 2.15. The molecule has 0 amide bonds. The third-order valence-electron chi connectivity index (χ3n) is 3.18. The summed E-state index contributed by atoms with van der Waals surface area (Å²) >= 11 is 0. The molecule has 1 aromatic carbocycles. The maximum atomic E-state index is 5.77. The van der Waals surface area contributed by atoms with Crippen LogP contribution in [0.4, 0.5) is 0 Å². The summed E-state index contributed by atoms with van der Waals surface area (Å²) in [4.78, 5) is 0. The Hall–Kier alpha value is -1.06. The average molecular weight is 250 g/mol. The van der Waals surface area contributed by atoms with Crippen molar-refractivity contribution in [2.75, 3.05) is 19.8 Å². The van der Waals surface area contributed by atoms with Gasteiger partial charge in [0.2, 0.25) is 5.79 Å². The first kappa shape index (κ1) is 13.4. The van der Waals surface area contributed by atoms with Crippen LogP contribution in [0, 0.1) is 0 Å². The molecule has 1 saturated heterocycles. The van der Waals surface area contributed by atoms with Crippen molar-refractivity contribution >= 4 is 0 Å². The van der Waals surface area contributed by atoms with Crippen LogP contribution in [0.1, 0.15) is 32.6 Å². The molecule has 0 N–H and O–H groups in total. The Morgan fingerprint density at radius 3 is 2.50 bits per heavy atom. The zero-order chi connectivity index (χ0) is 12.7. The number of unbranched alkanes of at least 4 members (excludes halogenated alkanes) is 2. The van der Waals surface area contributed by atoms with E-state index >= 15 is 0 Å². The molecule has 18 heavy (non-hydrogen) atoms. The highest BCUT2D eigenvalue weighted by Crippen LogP contribution is 2.27. The second-order valence-electron chi connectivity index (χ2n) is 4.67. The molecule has 1 aliphatic rings. The van der Waals surface area contributed by atoms with E-state index in [4.69, 9.17) is 14.2 Å². The van der Waals surface area contributed by atoms with Crippen LogP contribution in [-0.4, -0.2) is 25.6 Å². The third-order valence-corrected chi connectivity index (χ3v) is 3.18. The number of rotatable bonds is 7. The van der Waals surface area contributed by atoms with Crippen LogP contribution in [0.2, 0.25) is 0 Å². The lowest BCUT2D eigenvalue weighted by Crippen LogP contribution is -2.37. The molecule has 3 nitrogen and oxygen atoms in total. The molecule has 0 radical (unpaired) electrons. The summed E-state index contributed by atoms with van der Waals surface area (Å²) in [6.07, 6.45) is 4.44. The molecule has 0 aliphatic carbocycles. The summed E-state index contributed by atoms with van der Waals surface area (Å²) in [5.74, 6) is 0.344. The van der Waals surface area contributed by atoms with Crippen molar-refractivity contribution in [3.63, 3.8) is 0 Å². The first-order valence-electron chi connectivity index (χ1n) is 6.80. The molecule has 3 heteroatoms. The van der Waals surface area contributed by atoms with Crippen LogP contribution < -0.4 is 4.74 Å². The summed E-state index contributed by atoms with van der Waals surface area (Å²) in [5, 5.41) is 0. The highest BCUT2D eigenvalue weighted by atomic mass is 16.8. The summed E-state index contributed by atoms with van der Waals surface area (Å²) in [6, 6.07) is 9.82. The van der Waals surface area contributed by atoms with Crippen molar-refractivity contribution in [1.82, 2.24) is 0 Å². The molecule has 0 aromatic heterocycles. The van der Waals surface area contributed by atoms with Crippen molar-refractivity contribution in [3.8, 4) is 5.75 Å². The van der Waals surface area contributed by atoms with Gasteiger partial charge in [-0.25, -0.2) is 0 Å². The second kappa shape index (κ2) is 6.76. The van der Waals surface area contributed by atoms with Gasteiger partial charge in [-0.3, -0.25) is 0 Å².